The van der Waals surface area contributed by atoms with Crippen LogP contribution < -0.4 is 5.73 Å². The van der Waals surface area contributed by atoms with Crippen LogP contribution in [0.5, 0.6) is 0 Å². The summed E-state index contributed by atoms with van der Waals surface area (Å²) >= 11 is 0. The summed E-state index contributed by atoms with van der Waals surface area (Å²) in [5.74, 6) is 2.02. The molecule has 98 valence electrons. The summed E-state index contributed by atoms with van der Waals surface area (Å²) in [5.41, 5.74) is 8.58. The number of rotatable bonds is 3. The number of nitrogens with zero attached hydrogens (tertiary/aromatic N) is 3. The Morgan fingerprint density at radius 1 is 1.32 bits per heavy atom. The Morgan fingerprint density at radius 2 is 1.95 bits per heavy atom. The maximum atomic E-state index is 8.82. The van der Waals surface area contributed by atoms with E-state index in [-0.39, 0.29) is 0 Å². The molecule has 0 saturated heterocycles. The number of nitriles is 1. The number of nitrogen functional groups attached to an aromatic ring is 1. The molecular formula is C15H18N4. The van der Waals surface area contributed by atoms with Crippen LogP contribution in [0.15, 0.2) is 24.3 Å². The molecule has 2 aromatic rings. The topological polar surface area (TPSA) is 67.6 Å². The Balaban J connectivity index is 2.53. The summed E-state index contributed by atoms with van der Waals surface area (Å²) in [6.45, 7) is 7.09. The van der Waals surface area contributed by atoms with Crippen molar-refractivity contribution in [1.82, 2.24) is 9.55 Å². The Kier molecular flexibility index (Phi) is 3.57. The van der Waals surface area contributed by atoms with Crippen molar-refractivity contribution in [3.63, 3.8) is 0 Å². The van der Waals surface area contributed by atoms with Crippen molar-refractivity contribution >= 4 is 5.82 Å². The van der Waals surface area contributed by atoms with Gasteiger partial charge in [0.1, 0.15) is 17.3 Å². The lowest BCUT2D eigenvalue weighted by molar-refractivity contribution is 0.658. The summed E-state index contributed by atoms with van der Waals surface area (Å²) in [5, 5.41) is 8.82. The number of nitrogens with two attached hydrogens (primary N) is 1. The van der Waals surface area contributed by atoms with Crippen LogP contribution >= 0.6 is 0 Å². The van der Waals surface area contributed by atoms with Crippen molar-refractivity contribution in [3.8, 4) is 17.3 Å². The second kappa shape index (κ2) is 5.15. The molecule has 0 radical (unpaired) electrons. The van der Waals surface area contributed by atoms with Gasteiger partial charge < -0.3 is 10.3 Å². The van der Waals surface area contributed by atoms with Crippen LogP contribution in [0.3, 0.4) is 0 Å². The molecule has 0 atom stereocenters. The van der Waals surface area contributed by atoms with Crippen LogP contribution in [0, 0.1) is 11.3 Å². The molecule has 0 aliphatic heterocycles. The molecule has 2 N–H and O–H groups in total. The molecule has 0 aliphatic carbocycles. The van der Waals surface area contributed by atoms with Gasteiger partial charge in [-0.1, -0.05) is 26.0 Å². The zero-order valence-electron chi connectivity index (χ0n) is 11.5. The highest BCUT2D eigenvalue weighted by molar-refractivity contribution is 5.71. The van der Waals surface area contributed by atoms with Gasteiger partial charge >= 0.3 is 0 Å². The van der Waals surface area contributed by atoms with E-state index in [0.717, 1.165) is 23.6 Å². The van der Waals surface area contributed by atoms with E-state index in [9.17, 15) is 0 Å². The van der Waals surface area contributed by atoms with Crippen molar-refractivity contribution in [2.45, 2.75) is 33.2 Å². The van der Waals surface area contributed by atoms with Crippen LogP contribution in [0.2, 0.25) is 0 Å². The molecule has 0 spiro atoms. The lowest BCUT2D eigenvalue weighted by Gasteiger charge is -2.08. The van der Waals surface area contributed by atoms with Gasteiger partial charge in [-0.3, -0.25) is 0 Å². The molecule has 4 nitrogen and oxygen atoms in total. The number of aromatic nitrogens is 2. The highest BCUT2D eigenvalue weighted by Gasteiger charge is 2.17. The third-order valence-electron chi connectivity index (χ3n) is 3.16. The summed E-state index contributed by atoms with van der Waals surface area (Å²) in [6, 6.07) is 9.46. The molecule has 1 aromatic carbocycles. The van der Waals surface area contributed by atoms with Gasteiger partial charge in [0, 0.05) is 18.0 Å². The third-order valence-corrected chi connectivity index (χ3v) is 3.16. The molecule has 0 fully saturated rings. The molecule has 0 amide bonds. The van der Waals surface area contributed by atoms with Gasteiger partial charge in [-0.2, -0.15) is 5.26 Å². The molecule has 1 heterocycles. The second-order valence-electron chi connectivity index (χ2n) is 4.79. The minimum Gasteiger partial charge on any atom is -0.383 e. The highest BCUT2D eigenvalue weighted by Crippen LogP contribution is 2.29. The maximum Gasteiger partial charge on any atom is 0.131 e. The fourth-order valence-electron chi connectivity index (χ4n) is 2.17. The van der Waals surface area contributed by atoms with E-state index in [0.29, 0.717) is 17.3 Å². The molecular weight excluding hydrogens is 236 g/mol. The van der Waals surface area contributed by atoms with E-state index in [2.05, 4.69) is 31.8 Å². The van der Waals surface area contributed by atoms with Gasteiger partial charge in [0.15, 0.2) is 0 Å². The van der Waals surface area contributed by atoms with E-state index in [1.54, 1.807) is 12.1 Å². The van der Waals surface area contributed by atoms with Crippen LogP contribution in [0.1, 0.15) is 38.1 Å². The number of hydrogen-bond donors (Lipinski definition) is 1. The largest absolute Gasteiger partial charge is 0.383 e. The van der Waals surface area contributed by atoms with Gasteiger partial charge in [0.25, 0.3) is 0 Å². The Labute approximate surface area is 113 Å². The zero-order valence-corrected chi connectivity index (χ0v) is 11.5. The minimum absolute atomic E-state index is 0.328. The fourth-order valence-corrected chi connectivity index (χ4v) is 2.17. The first kappa shape index (κ1) is 13.2. The predicted octanol–water partition coefficient (Wildman–Crippen LogP) is 3.15. The van der Waals surface area contributed by atoms with E-state index in [1.165, 1.54) is 0 Å². The van der Waals surface area contributed by atoms with Crippen molar-refractivity contribution in [2.75, 3.05) is 5.73 Å². The summed E-state index contributed by atoms with van der Waals surface area (Å²) in [7, 11) is 0. The number of benzene rings is 1. The lowest BCUT2D eigenvalue weighted by Crippen LogP contribution is -2.06. The quantitative estimate of drug-likeness (QED) is 0.914. The van der Waals surface area contributed by atoms with Crippen LogP contribution in [0.25, 0.3) is 11.3 Å². The molecule has 0 aliphatic rings. The molecule has 0 saturated carbocycles. The van der Waals surface area contributed by atoms with Gasteiger partial charge in [-0.05, 0) is 19.1 Å². The molecule has 0 unspecified atom stereocenters. The van der Waals surface area contributed by atoms with Crippen molar-refractivity contribution in [1.29, 1.82) is 5.26 Å². The Hall–Kier alpha value is -2.28. The van der Waals surface area contributed by atoms with Gasteiger partial charge in [-0.15, -0.1) is 0 Å². The van der Waals surface area contributed by atoms with E-state index < -0.39 is 0 Å². The minimum atomic E-state index is 0.328. The van der Waals surface area contributed by atoms with E-state index in [1.807, 2.05) is 16.7 Å². The van der Waals surface area contributed by atoms with E-state index >= 15 is 0 Å². The summed E-state index contributed by atoms with van der Waals surface area (Å²) < 4.78 is 2.04. The van der Waals surface area contributed by atoms with Crippen molar-refractivity contribution in [3.05, 3.63) is 35.7 Å². The Morgan fingerprint density at radius 3 is 2.37 bits per heavy atom. The van der Waals surface area contributed by atoms with Gasteiger partial charge in [0.05, 0.1) is 11.6 Å². The van der Waals surface area contributed by atoms with Gasteiger partial charge in [-0.25, -0.2) is 4.98 Å². The third kappa shape index (κ3) is 2.32. The van der Waals surface area contributed by atoms with Crippen LogP contribution in [-0.4, -0.2) is 9.55 Å². The molecule has 2 rings (SSSR count). The normalized spacial score (nSPS) is 10.7. The first-order chi connectivity index (χ1) is 9.08. The first-order valence-electron chi connectivity index (χ1n) is 6.44. The average Bonchev–Trinajstić information content (AvgIpc) is 2.76. The van der Waals surface area contributed by atoms with Crippen molar-refractivity contribution in [2.24, 2.45) is 0 Å². The summed E-state index contributed by atoms with van der Waals surface area (Å²) in [4.78, 5) is 4.66. The average molecular weight is 254 g/mol. The maximum absolute atomic E-state index is 8.82. The number of hydrogen-bond acceptors (Lipinski definition) is 3. The smallest absolute Gasteiger partial charge is 0.131 e. The molecule has 4 heteroatoms. The monoisotopic (exact) mass is 254 g/mol. The molecule has 19 heavy (non-hydrogen) atoms. The standard InChI is InChI=1S/C15H18N4/c1-4-19-14(17)13(18-15(19)10(2)3)12-7-5-11(9-16)6-8-12/h5-8,10H,4,17H2,1-3H3. The SMILES string of the molecule is CCn1c(C(C)C)nc(-c2ccc(C#N)cc2)c1N. The number of anilines is 1. The number of imidazole rings is 1. The molecule has 1 aromatic heterocycles. The lowest BCUT2D eigenvalue weighted by atomic mass is 10.1. The van der Waals surface area contributed by atoms with Crippen LogP contribution in [-0.2, 0) is 6.54 Å². The first-order valence-corrected chi connectivity index (χ1v) is 6.44. The summed E-state index contributed by atoms with van der Waals surface area (Å²) in [6.07, 6.45) is 0. The van der Waals surface area contributed by atoms with E-state index in [4.69, 9.17) is 11.0 Å². The highest BCUT2D eigenvalue weighted by atomic mass is 15.1. The fraction of sp³-hybridized carbons (Fsp3) is 0.333. The van der Waals surface area contributed by atoms with Crippen LogP contribution in [0.4, 0.5) is 5.82 Å². The molecule has 0 bridgehead atoms. The van der Waals surface area contributed by atoms with Crippen molar-refractivity contribution < 1.29 is 0 Å². The predicted molar refractivity (Wildman–Crippen MR) is 76.6 cm³/mol. The Bertz CT molecular complexity index is 615. The van der Waals surface area contributed by atoms with Gasteiger partial charge in [0.2, 0.25) is 0 Å². The zero-order chi connectivity index (χ0) is 14.0. The second-order valence-corrected chi connectivity index (χ2v) is 4.79.